The van der Waals surface area contributed by atoms with Gasteiger partial charge < -0.3 is 43.5 Å². The minimum atomic E-state index is -0.428. The monoisotopic (exact) mass is 610 g/mol. The van der Waals surface area contributed by atoms with Crippen LogP contribution in [0.4, 0.5) is 0 Å². The van der Waals surface area contributed by atoms with Crippen LogP contribution in [-0.2, 0) is 4.74 Å². The van der Waals surface area contributed by atoms with E-state index in [-0.39, 0.29) is 56.5 Å². The highest BCUT2D eigenvalue weighted by Crippen LogP contribution is 2.32. The van der Waals surface area contributed by atoms with Crippen LogP contribution in [0.5, 0.6) is 34.5 Å². The molecule has 0 saturated heterocycles. The van der Waals surface area contributed by atoms with Crippen LogP contribution in [0, 0.1) is 0 Å². The average Bonchev–Trinajstić information content (AvgIpc) is 3.00. The van der Waals surface area contributed by atoms with Gasteiger partial charge in [0.05, 0.1) is 13.2 Å². The summed E-state index contributed by atoms with van der Waals surface area (Å²) in [6.45, 7) is 1.24. The van der Waals surface area contributed by atoms with E-state index in [2.05, 4.69) is 0 Å². The van der Waals surface area contributed by atoms with E-state index in [4.69, 9.17) is 23.0 Å². The summed E-state index contributed by atoms with van der Waals surface area (Å²) in [7, 11) is 0. The predicted octanol–water partition coefficient (Wildman–Crippen LogP) is 5.53. The zero-order valence-electron chi connectivity index (χ0n) is 23.6. The Hall–Kier alpha value is -5.94. The molecule has 6 aromatic rings. The van der Waals surface area contributed by atoms with Crippen LogP contribution in [0.15, 0.2) is 103 Å². The lowest BCUT2D eigenvalue weighted by Gasteiger charge is -2.10. The molecule has 4 aromatic carbocycles. The molecule has 6 rings (SSSR count). The molecule has 0 saturated carbocycles. The fourth-order valence-electron chi connectivity index (χ4n) is 4.76. The van der Waals surface area contributed by atoms with E-state index in [1.165, 1.54) is 24.3 Å². The maximum Gasteiger partial charge on any atom is 0.197 e. The van der Waals surface area contributed by atoms with Crippen molar-refractivity contribution in [3.8, 4) is 57.1 Å². The lowest BCUT2D eigenvalue weighted by molar-refractivity contribution is 0.0764. The molecule has 4 N–H and O–H groups in total. The molecular weight excluding hydrogens is 584 g/mol. The van der Waals surface area contributed by atoms with Crippen LogP contribution < -0.4 is 20.3 Å². The van der Waals surface area contributed by atoms with Crippen molar-refractivity contribution in [1.82, 2.24) is 0 Å². The van der Waals surface area contributed by atoms with Crippen molar-refractivity contribution in [3.05, 3.63) is 105 Å². The minimum Gasteiger partial charge on any atom is -0.508 e. The van der Waals surface area contributed by atoms with Gasteiger partial charge in [0.15, 0.2) is 10.9 Å². The molecule has 0 fully saturated rings. The summed E-state index contributed by atoms with van der Waals surface area (Å²) in [6, 6.07) is 21.1. The van der Waals surface area contributed by atoms with Crippen LogP contribution in [0.2, 0.25) is 0 Å². The summed E-state index contributed by atoms with van der Waals surface area (Å²) in [5.41, 5.74) is 0.538. The fraction of sp³-hybridized carbons (Fsp3) is 0.118. The lowest BCUT2D eigenvalue weighted by atomic mass is 10.1. The van der Waals surface area contributed by atoms with Crippen molar-refractivity contribution in [2.24, 2.45) is 0 Å². The van der Waals surface area contributed by atoms with Gasteiger partial charge >= 0.3 is 0 Å². The number of fused-ring (bicyclic) bond motifs is 2. The molecule has 45 heavy (non-hydrogen) atoms. The average molecular weight is 611 g/mol. The van der Waals surface area contributed by atoms with Crippen molar-refractivity contribution in [2.75, 3.05) is 26.4 Å². The highest BCUT2D eigenvalue weighted by Gasteiger charge is 2.14. The number of phenolic OH excluding ortho intramolecular Hbond substituents is 4. The third-order valence-corrected chi connectivity index (χ3v) is 6.86. The number of phenols is 4. The summed E-state index contributed by atoms with van der Waals surface area (Å²) in [5.74, 6) is 0.621. The van der Waals surface area contributed by atoms with Crippen molar-refractivity contribution in [3.63, 3.8) is 0 Å². The van der Waals surface area contributed by atoms with Gasteiger partial charge in [-0.3, -0.25) is 9.59 Å². The van der Waals surface area contributed by atoms with E-state index < -0.39 is 10.9 Å². The Balaban J connectivity index is 0.956. The van der Waals surface area contributed by atoms with Gasteiger partial charge in [0.25, 0.3) is 0 Å². The molecule has 0 aliphatic carbocycles. The fourth-order valence-corrected chi connectivity index (χ4v) is 4.76. The number of rotatable bonds is 10. The van der Waals surface area contributed by atoms with Gasteiger partial charge in [0.1, 0.15) is 81.2 Å². The van der Waals surface area contributed by atoms with E-state index in [9.17, 15) is 30.0 Å². The number of hydrogen-bond acceptors (Lipinski definition) is 11. The second kappa shape index (κ2) is 12.3. The van der Waals surface area contributed by atoms with Crippen LogP contribution in [0.25, 0.3) is 44.6 Å². The van der Waals surface area contributed by atoms with Crippen molar-refractivity contribution in [2.45, 2.75) is 0 Å². The molecule has 2 aromatic heterocycles. The van der Waals surface area contributed by atoms with E-state index in [1.807, 2.05) is 0 Å². The number of hydrogen-bond donors (Lipinski definition) is 4. The Kier molecular flexibility index (Phi) is 8.00. The molecule has 0 spiro atoms. The third kappa shape index (κ3) is 6.38. The number of benzene rings is 4. The standard InChI is InChI=1S/C34H26O11/c35-21-13-25(37)33-27(39)17-29(44-31(33)15-21)19-1-5-23(6-2-19)42-11-9-41-10-12-43-24-7-3-20(4-8-24)30-18-28(40)34-26(38)14-22(36)16-32(34)45-30/h1-8,13-18,35-38H,9-12H2. The molecule has 0 bridgehead atoms. The highest BCUT2D eigenvalue weighted by molar-refractivity contribution is 5.87. The smallest absolute Gasteiger partial charge is 0.197 e. The molecule has 11 nitrogen and oxygen atoms in total. The molecule has 11 heteroatoms. The summed E-state index contributed by atoms with van der Waals surface area (Å²) in [6.07, 6.45) is 0. The first-order chi connectivity index (χ1) is 21.7. The Labute approximate surface area is 254 Å². The van der Waals surface area contributed by atoms with Crippen molar-refractivity contribution in [1.29, 1.82) is 0 Å². The van der Waals surface area contributed by atoms with Gasteiger partial charge in [0.2, 0.25) is 0 Å². The Morgan fingerprint density at radius 3 is 1.31 bits per heavy atom. The van der Waals surface area contributed by atoms with Crippen LogP contribution in [0.3, 0.4) is 0 Å². The summed E-state index contributed by atoms with van der Waals surface area (Å²) in [5, 5.41) is 39.3. The Bertz CT molecular complexity index is 1960. The van der Waals surface area contributed by atoms with Crippen LogP contribution in [0.1, 0.15) is 0 Å². The molecule has 0 unspecified atom stereocenters. The second-order valence-corrected chi connectivity index (χ2v) is 9.98. The molecule has 2 heterocycles. The van der Waals surface area contributed by atoms with Crippen molar-refractivity contribution < 1.29 is 43.5 Å². The minimum absolute atomic E-state index is 0.000702. The first kappa shape index (κ1) is 29.1. The van der Waals surface area contributed by atoms with E-state index >= 15 is 0 Å². The van der Waals surface area contributed by atoms with E-state index in [0.29, 0.717) is 49.1 Å². The summed E-state index contributed by atoms with van der Waals surface area (Å²) in [4.78, 5) is 24.9. The normalized spacial score (nSPS) is 11.2. The topological polar surface area (TPSA) is 169 Å². The van der Waals surface area contributed by atoms with Crippen LogP contribution in [-0.4, -0.2) is 46.9 Å². The first-order valence-corrected chi connectivity index (χ1v) is 13.8. The Morgan fingerprint density at radius 1 is 0.511 bits per heavy atom. The largest absolute Gasteiger partial charge is 0.508 e. The molecule has 0 aliphatic rings. The van der Waals surface area contributed by atoms with Crippen LogP contribution >= 0.6 is 0 Å². The maximum absolute atomic E-state index is 12.5. The van der Waals surface area contributed by atoms with Gasteiger partial charge in [-0.15, -0.1) is 0 Å². The summed E-state index contributed by atoms with van der Waals surface area (Å²) < 4.78 is 28.4. The SMILES string of the molecule is O=c1cc(-c2ccc(OCCOCCOc3ccc(-c4cc(=O)c5c(O)cc(O)cc5o4)cc3)cc2)oc2cc(O)cc(O)c12. The molecule has 0 amide bonds. The quantitative estimate of drug-likeness (QED) is 0.144. The van der Waals surface area contributed by atoms with E-state index in [1.54, 1.807) is 48.5 Å². The van der Waals surface area contributed by atoms with Gasteiger partial charge in [-0.25, -0.2) is 0 Å². The second-order valence-electron chi connectivity index (χ2n) is 9.98. The molecule has 228 valence electrons. The zero-order valence-corrected chi connectivity index (χ0v) is 23.6. The zero-order chi connectivity index (χ0) is 31.5. The van der Waals surface area contributed by atoms with Gasteiger partial charge in [0, 0.05) is 47.5 Å². The predicted molar refractivity (Wildman–Crippen MR) is 164 cm³/mol. The lowest BCUT2D eigenvalue weighted by Crippen LogP contribution is -2.12. The number of ether oxygens (including phenoxy) is 3. The highest BCUT2D eigenvalue weighted by atomic mass is 16.5. The van der Waals surface area contributed by atoms with E-state index in [0.717, 1.165) is 12.1 Å². The molecule has 0 atom stereocenters. The molecule has 0 aliphatic heterocycles. The number of aromatic hydroxyl groups is 4. The Morgan fingerprint density at radius 2 is 0.911 bits per heavy atom. The third-order valence-electron chi connectivity index (χ3n) is 6.86. The van der Waals surface area contributed by atoms with Gasteiger partial charge in [-0.2, -0.15) is 0 Å². The molecule has 0 radical (unpaired) electrons. The van der Waals surface area contributed by atoms with Gasteiger partial charge in [-0.05, 0) is 48.5 Å². The first-order valence-electron chi connectivity index (χ1n) is 13.8. The van der Waals surface area contributed by atoms with Crippen molar-refractivity contribution >= 4 is 21.9 Å². The molecular formula is C34H26O11. The maximum atomic E-state index is 12.5. The summed E-state index contributed by atoms with van der Waals surface area (Å²) >= 11 is 0. The van der Waals surface area contributed by atoms with Gasteiger partial charge in [-0.1, -0.05) is 0 Å².